The molecule has 2 aliphatic rings. The summed E-state index contributed by atoms with van der Waals surface area (Å²) in [6, 6.07) is 7.37. The Morgan fingerprint density at radius 1 is 1.11 bits per heavy atom. The zero-order chi connectivity index (χ0) is 25.7. The summed E-state index contributed by atoms with van der Waals surface area (Å²) in [5.41, 5.74) is 0. The summed E-state index contributed by atoms with van der Waals surface area (Å²) in [6.07, 6.45) is 5.04. The molecule has 4 rings (SSSR count). The van der Waals surface area contributed by atoms with Crippen molar-refractivity contribution in [3.63, 3.8) is 0 Å². The zero-order valence-corrected chi connectivity index (χ0v) is 22.4. The minimum Gasteiger partial charge on any atom is -0.490 e. The molecule has 0 aliphatic carbocycles. The summed E-state index contributed by atoms with van der Waals surface area (Å²) >= 11 is 6.16. The van der Waals surface area contributed by atoms with E-state index in [4.69, 9.17) is 16.3 Å². The fourth-order valence-electron chi connectivity index (χ4n) is 5.10. The number of aryl methyl sites for hydroxylation is 1. The van der Waals surface area contributed by atoms with Gasteiger partial charge in [0.2, 0.25) is 11.8 Å². The summed E-state index contributed by atoms with van der Waals surface area (Å²) in [5, 5.41) is 0.616. The largest absolute Gasteiger partial charge is 0.490 e. The second-order valence-corrected chi connectivity index (χ2v) is 10.7. The molecule has 36 heavy (non-hydrogen) atoms. The monoisotopic (exact) mass is 515 g/mol. The average Bonchev–Trinajstić information content (AvgIpc) is 3.33. The van der Waals surface area contributed by atoms with Crippen molar-refractivity contribution in [2.45, 2.75) is 51.7 Å². The number of ether oxygens (including phenoxy) is 1. The first-order chi connectivity index (χ1) is 17.3. The molecule has 0 bridgehead atoms. The zero-order valence-electron chi connectivity index (χ0n) is 21.6. The number of amides is 2. The Morgan fingerprint density at radius 3 is 2.61 bits per heavy atom. The number of carbonyl (C=O) groups is 2. The van der Waals surface area contributed by atoms with Crippen LogP contribution in [-0.2, 0) is 16.1 Å². The number of halogens is 1. The maximum absolute atomic E-state index is 13.2. The lowest BCUT2D eigenvalue weighted by Gasteiger charge is -2.40. The number of benzene rings is 1. The van der Waals surface area contributed by atoms with Crippen LogP contribution in [0.15, 0.2) is 36.7 Å². The molecule has 0 radical (unpaired) electrons. The van der Waals surface area contributed by atoms with Crippen molar-refractivity contribution in [1.29, 1.82) is 0 Å². The van der Waals surface area contributed by atoms with Gasteiger partial charge in [0.15, 0.2) is 0 Å². The highest BCUT2D eigenvalue weighted by molar-refractivity contribution is 6.30. The van der Waals surface area contributed by atoms with Crippen LogP contribution in [0.2, 0.25) is 5.02 Å². The SMILES string of the molecule is CC(C)c1nccn1CCC(=O)N1CC[C@H](Oc2cccc(Cl)c2)[C@@H](CC(=O)N2CCN(C)CC2)C1. The van der Waals surface area contributed by atoms with E-state index in [9.17, 15) is 9.59 Å². The Hall–Kier alpha value is -2.58. The number of piperazine rings is 1. The van der Waals surface area contributed by atoms with E-state index >= 15 is 0 Å². The Labute approximate surface area is 219 Å². The quantitative estimate of drug-likeness (QED) is 0.538. The van der Waals surface area contributed by atoms with Crippen LogP contribution in [0.5, 0.6) is 5.75 Å². The second-order valence-electron chi connectivity index (χ2n) is 10.3. The fourth-order valence-corrected chi connectivity index (χ4v) is 5.28. The van der Waals surface area contributed by atoms with Crippen LogP contribution in [0.25, 0.3) is 0 Å². The maximum atomic E-state index is 13.2. The molecule has 196 valence electrons. The molecule has 0 N–H and O–H groups in total. The number of rotatable bonds is 8. The molecule has 2 aromatic rings. The van der Waals surface area contributed by atoms with Gasteiger partial charge in [-0.3, -0.25) is 9.59 Å². The topological polar surface area (TPSA) is 70.9 Å². The van der Waals surface area contributed by atoms with Crippen molar-refractivity contribution in [3.8, 4) is 5.75 Å². The first-order valence-corrected chi connectivity index (χ1v) is 13.3. The predicted molar refractivity (Wildman–Crippen MR) is 140 cm³/mol. The molecule has 2 aliphatic heterocycles. The Kier molecular flexibility index (Phi) is 8.90. The first-order valence-electron chi connectivity index (χ1n) is 13.0. The van der Waals surface area contributed by atoms with Gasteiger partial charge in [-0.25, -0.2) is 4.98 Å². The first kappa shape index (κ1) is 26.5. The number of likely N-dealkylation sites (N-methyl/N-ethyl adjacent to an activating group) is 1. The fraction of sp³-hybridized carbons (Fsp3) is 0.593. The summed E-state index contributed by atoms with van der Waals surface area (Å²) in [4.78, 5) is 36.9. The van der Waals surface area contributed by atoms with Gasteiger partial charge in [0.25, 0.3) is 0 Å². The van der Waals surface area contributed by atoms with Crippen LogP contribution in [0, 0.1) is 5.92 Å². The number of hydrogen-bond acceptors (Lipinski definition) is 5. The van der Waals surface area contributed by atoms with Gasteiger partial charge in [-0.1, -0.05) is 31.5 Å². The smallest absolute Gasteiger partial charge is 0.224 e. The van der Waals surface area contributed by atoms with Crippen molar-refractivity contribution in [1.82, 2.24) is 24.3 Å². The number of hydrogen-bond donors (Lipinski definition) is 0. The molecular formula is C27H38ClN5O3. The molecule has 2 saturated heterocycles. The predicted octanol–water partition coefficient (Wildman–Crippen LogP) is 3.51. The number of carbonyl (C=O) groups excluding carboxylic acids is 2. The van der Waals surface area contributed by atoms with Crippen molar-refractivity contribution in [2.24, 2.45) is 5.92 Å². The molecule has 0 spiro atoms. The van der Waals surface area contributed by atoms with Crippen LogP contribution < -0.4 is 4.74 Å². The minimum absolute atomic E-state index is 0.0756. The lowest BCUT2D eigenvalue weighted by molar-refractivity contribution is -0.140. The third-order valence-electron chi connectivity index (χ3n) is 7.22. The molecule has 3 heterocycles. The van der Waals surface area contributed by atoms with Crippen LogP contribution in [0.1, 0.15) is 44.9 Å². The lowest BCUT2D eigenvalue weighted by Crippen LogP contribution is -2.51. The van der Waals surface area contributed by atoms with Crippen molar-refractivity contribution in [3.05, 3.63) is 47.5 Å². The van der Waals surface area contributed by atoms with Gasteiger partial charge in [-0.15, -0.1) is 0 Å². The van der Waals surface area contributed by atoms with E-state index in [2.05, 4.69) is 35.3 Å². The summed E-state index contributed by atoms with van der Waals surface area (Å²) in [5.74, 6) is 2.17. The van der Waals surface area contributed by atoms with Gasteiger partial charge < -0.3 is 24.0 Å². The van der Waals surface area contributed by atoms with Gasteiger partial charge >= 0.3 is 0 Å². The van der Waals surface area contributed by atoms with Crippen LogP contribution in [-0.4, -0.2) is 88.5 Å². The van der Waals surface area contributed by atoms with Gasteiger partial charge in [0.05, 0.1) is 0 Å². The number of imidazole rings is 1. The second kappa shape index (κ2) is 12.1. The molecular weight excluding hydrogens is 478 g/mol. The molecule has 9 heteroatoms. The number of nitrogens with zero attached hydrogens (tertiary/aromatic N) is 5. The number of aromatic nitrogens is 2. The summed E-state index contributed by atoms with van der Waals surface area (Å²) in [6.45, 7) is 9.21. The highest BCUT2D eigenvalue weighted by atomic mass is 35.5. The minimum atomic E-state index is -0.148. The Morgan fingerprint density at radius 2 is 1.89 bits per heavy atom. The van der Waals surface area contributed by atoms with Gasteiger partial charge in [-0.2, -0.15) is 0 Å². The van der Waals surface area contributed by atoms with Crippen LogP contribution >= 0.6 is 11.6 Å². The van der Waals surface area contributed by atoms with E-state index in [0.717, 1.165) is 32.0 Å². The van der Waals surface area contributed by atoms with E-state index in [1.54, 1.807) is 12.3 Å². The third-order valence-corrected chi connectivity index (χ3v) is 7.46. The van der Waals surface area contributed by atoms with Crippen molar-refractivity contribution >= 4 is 23.4 Å². The molecule has 1 aromatic heterocycles. The molecule has 8 nitrogen and oxygen atoms in total. The van der Waals surface area contributed by atoms with Gasteiger partial charge in [-0.05, 0) is 25.2 Å². The molecule has 0 unspecified atom stereocenters. The summed E-state index contributed by atoms with van der Waals surface area (Å²) < 4.78 is 8.39. The third kappa shape index (κ3) is 6.79. The maximum Gasteiger partial charge on any atom is 0.224 e. The molecule has 2 fully saturated rings. The molecule has 2 amide bonds. The van der Waals surface area contributed by atoms with E-state index in [-0.39, 0.29) is 23.8 Å². The van der Waals surface area contributed by atoms with E-state index in [1.165, 1.54) is 0 Å². The highest BCUT2D eigenvalue weighted by Gasteiger charge is 2.35. The van der Waals surface area contributed by atoms with E-state index in [0.29, 0.717) is 55.6 Å². The standard InChI is InChI=1S/C27H38ClN5O3/c1-20(2)27-29-9-12-32(27)11-8-25(34)33-10-7-24(36-23-6-4-5-22(28)18-23)21(19-33)17-26(35)31-15-13-30(3)14-16-31/h4-6,9,12,18,20-21,24H,7-8,10-11,13-17,19H2,1-3H3/t21-,24-/m0/s1. The average molecular weight is 516 g/mol. The van der Waals surface area contributed by atoms with Crippen molar-refractivity contribution < 1.29 is 14.3 Å². The van der Waals surface area contributed by atoms with Crippen molar-refractivity contribution in [2.75, 3.05) is 46.3 Å². The van der Waals surface area contributed by atoms with E-state index in [1.807, 2.05) is 34.2 Å². The van der Waals surface area contributed by atoms with Crippen LogP contribution in [0.3, 0.4) is 0 Å². The van der Waals surface area contributed by atoms with Gasteiger partial charge in [0.1, 0.15) is 17.7 Å². The molecule has 2 atom stereocenters. The molecule has 0 saturated carbocycles. The van der Waals surface area contributed by atoms with Crippen LogP contribution in [0.4, 0.5) is 0 Å². The van der Waals surface area contributed by atoms with Gasteiger partial charge in [0, 0.05) is 94.3 Å². The molecule has 1 aromatic carbocycles. The highest BCUT2D eigenvalue weighted by Crippen LogP contribution is 2.28. The van der Waals surface area contributed by atoms with E-state index < -0.39 is 0 Å². The number of likely N-dealkylation sites (tertiary alicyclic amines) is 1. The number of piperidine rings is 1. The normalized spacial score (nSPS) is 21.1. The Bertz CT molecular complexity index is 1030. The lowest BCUT2D eigenvalue weighted by atomic mass is 9.90. The summed E-state index contributed by atoms with van der Waals surface area (Å²) in [7, 11) is 2.08. The Balaban J connectivity index is 1.41.